The molecule has 51 heavy (non-hydrogen) atoms. The molecule has 5 aromatic carbocycles. The summed E-state index contributed by atoms with van der Waals surface area (Å²) in [5, 5.41) is 1.70. The Labute approximate surface area is 296 Å². The Morgan fingerprint density at radius 3 is 1.98 bits per heavy atom. The van der Waals surface area contributed by atoms with E-state index < -0.39 is 22.7 Å². The van der Waals surface area contributed by atoms with Crippen molar-refractivity contribution < 1.29 is 32.5 Å². The molecule has 2 aliphatic carbocycles. The van der Waals surface area contributed by atoms with Crippen LogP contribution in [-0.2, 0) is 15.8 Å². The molecule has 2 aliphatic heterocycles. The smallest absolute Gasteiger partial charge is 0.178 e. The second-order valence-corrected chi connectivity index (χ2v) is 13.9. The molecule has 2 heterocycles. The van der Waals surface area contributed by atoms with Gasteiger partial charge in [-0.2, -0.15) is 0 Å². The van der Waals surface area contributed by atoms with Gasteiger partial charge in [-0.15, -0.1) is 0 Å². The van der Waals surface area contributed by atoms with E-state index in [9.17, 15) is 0 Å². The van der Waals surface area contributed by atoms with Gasteiger partial charge in [-0.25, -0.2) is 8.78 Å². The average molecular weight is 688 g/mol. The first kappa shape index (κ1) is 31.9. The van der Waals surface area contributed by atoms with Crippen molar-refractivity contribution in [1.29, 1.82) is 0 Å². The maximum atomic E-state index is 16.3. The minimum absolute atomic E-state index is 0.488. The Kier molecular flexibility index (Phi) is 7.51. The molecule has 8 heteroatoms. The summed E-state index contributed by atoms with van der Waals surface area (Å²) in [6.07, 6.45) is 7.71. The van der Waals surface area contributed by atoms with Crippen molar-refractivity contribution in [3.8, 4) is 34.1 Å². The van der Waals surface area contributed by atoms with Crippen LogP contribution in [-0.4, -0.2) is 47.6 Å². The Morgan fingerprint density at radius 1 is 0.725 bits per heavy atom. The number of halogens is 2. The molecule has 9 rings (SSSR count). The predicted molar refractivity (Wildman–Crippen MR) is 195 cm³/mol. The van der Waals surface area contributed by atoms with Gasteiger partial charge in [-0.05, 0) is 83.5 Å². The highest BCUT2D eigenvalue weighted by Crippen LogP contribution is 2.64. The first-order valence-electron chi connectivity index (χ1n) is 17.6. The SMILES string of the molecule is COc1ccc(C2(c3ccc(OC)cc3)C=Cc3c4c(c5cc(N6CCOCC6)c(OC)cc5c3O2)-c2cc(F)cc(F)c2C42CCCC2)cc1. The third-order valence-corrected chi connectivity index (χ3v) is 11.5. The molecule has 4 aliphatic rings. The zero-order valence-corrected chi connectivity index (χ0v) is 29.0. The number of morpholine rings is 1. The van der Waals surface area contributed by atoms with Gasteiger partial charge in [0.25, 0.3) is 0 Å². The lowest BCUT2D eigenvalue weighted by Gasteiger charge is -2.39. The maximum Gasteiger partial charge on any atom is 0.178 e. The molecule has 0 N–H and O–H groups in total. The zero-order chi connectivity index (χ0) is 34.9. The lowest BCUT2D eigenvalue weighted by atomic mass is 9.73. The molecule has 260 valence electrons. The highest BCUT2D eigenvalue weighted by Gasteiger charge is 2.51. The number of hydrogen-bond donors (Lipinski definition) is 0. The standard InChI is InChI=1S/C43H39F2NO5/c1-47-29-10-6-26(7-11-29)43(27-8-12-30(48-2)13-9-27)17-14-31-40-38(34-22-28(44)23-35(45)39(34)42(40)15-4-5-16-42)32-24-36(46-18-20-50-21-19-46)37(49-3)25-33(32)41(31)51-43/h6-14,17,22-25H,4-5,15-16,18-21H2,1-3H3. The van der Waals surface area contributed by atoms with E-state index in [1.807, 2.05) is 54.6 Å². The fraction of sp³-hybridized carbons (Fsp3) is 0.302. The van der Waals surface area contributed by atoms with E-state index in [4.69, 9.17) is 23.7 Å². The van der Waals surface area contributed by atoms with Crippen LogP contribution >= 0.6 is 0 Å². The van der Waals surface area contributed by atoms with Gasteiger partial charge >= 0.3 is 0 Å². The molecule has 6 nitrogen and oxygen atoms in total. The summed E-state index contributed by atoms with van der Waals surface area (Å²) in [5.74, 6) is 1.79. The second kappa shape index (κ2) is 12.0. The lowest BCUT2D eigenvalue weighted by molar-refractivity contribution is 0.122. The van der Waals surface area contributed by atoms with Crippen molar-refractivity contribution in [2.75, 3.05) is 52.5 Å². The largest absolute Gasteiger partial charge is 0.497 e. The molecule has 0 amide bonds. The fourth-order valence-corrected chi connectivity index (χ4v) is 9.16. The number of anilines is 1. The van der Waals surface area contributed by atoms with Crippen LogP contribution in [0.3, 0.4) is 0 Å². The quantitative estimate of drug-likeness (QED) is 0.178. The van der Waals surface area contributed by atoms with Gasteiger partial charge in [0, 0.05) is 52.2 Å². The number of ether oxygens (including phenoxy) is 5. The van der Waals surface area contributed by atoms with Crippen LogP contribution in [0.5, 0.6) is 23.0 Å². The Bertz CT molecular complexity index is 2150. The van der Waals surface area contributed by atoms with E-state index in [2.05, 4.69) is 23.1 Å². The first-order chi connectivity index (χ1) is 24.9. The summed E-state index contributed by atoms with van der Waals surface area (Å²) < 4.78 is 61.9. The molecular weight excluding hydrogens is 648 g/mol. The van der Waals surface area contributed by atoms with E-state index in [0.29, 0.717) is 48.9 Å². The molecule has 0 unspecified atom stereocenters. The van der Waals surface area contributed by atoms with Crippen LogP contribution in [0.15, 0.2) is 78.9 Å². The predicted octanol–water partition coefficient (Wildman–Crippen LogP) is 9.17. The van der Waals surface area contributed by atoms with Crippen molar-refractivity contribution >= 4 is 22.5 Å². The number of fused-ring (bicyclic) bond motifs is 10. The van der Waals surface area contributed by atoms with Crippen molar-refractivity contribution in [2.24, 2.45) is 0 Å². The lowest BCUT2D eigenvalue weighted by Crippen LogP contribution is -2.36. The Morgan fingerprint density at radius 2 is 1.37 bits per heavy atom. The zero-order valence-electron chi connectivity index (χ0n) is 29.0. The third kappa shape index (κ3) is 4.68. The maximum absolute atomic E-state index is 16.3. The van der Waals surface area contributed by atoms with Gasteiger partial charge in [0.2, 0.25) is 0 Å². The van der Waals surface area contributed by atoms with Crippen LogP contribution < -0.4 is 23.8 Å². The Hall–Kier alpha value is -5.08. The number of hydrogen-bond acceptors (Lipinski definition) is 6. The van der Waals surface area contributed by atoms with Gasteiger partial charge in [-0.3, -0.25) is 0 Å². The van der Waals surface area contributed by atoms with Crippen molar-refractivity contribution in [1.82, 2.24) is 0 Å². The molecular formula is C43H39F2NO5. The Balaban J connectivity index is 1.38. The van der Waals surface area contributed by atoms with Gasteiger partial charge in [0.15, 0.2) is 5.60 Å². The normalized spacial score (nSPS) is 17.9. The molecule has 0 aromatic heterocycles. The third-order valence-electron chi connectivity index (χ3n) is 11.5. The van der Waals surface area contributed by atoms with Crippen molar-refractivity contribution in [2.45, 2.75) is 36.7 Å². The van der Waals surface area contributed by atoms with Gasteiger partial charge in [0.1, 0.15) is 34.6 Å². The van der Waals surface area contributed by atoms with Crippen molar-refractivity contribution in [3.63, 3.8) is 0 Å². The van der Waals surface area contributed by atoms with E-state index in [-0.39, 0.29) is 0 Å². The van der Waals surface area contributed by atoms with Crippen LogP contribution in [0.25, 0.3) is 28.0 Å². The van der Waals surface area contributed by atoms with E-state index in [1.54, 1.807) is 21.3 Å². The molecule has 0 radical (unpaired) electrons. The van der Waals surface area contributed by atoms with Crippen molar-refractivity contribution in [3.05, 3.63) is 118 Å². The van der Waals surface area contributed by atoms with Crippen LogP contribution in [0, 0.1) is 11.6 Å². The second-order valence-electron chi connectivity index (χ2n) is 13.9. The van der Waals surface area contributed by atoms with E-state index in [0.717, 1.165) is 87.5 Å². The van der Waals surface area contributed by atoms with E-state index >= 15 is 8.78 Å². The molecule has 0 atom stereocenters. The summed E-state index contributed by atoms with van der Waals surface area (Å²) in [5.41, 5.74) is 5.14. The average Bonchev–Trinajstić information content (AvgIpc) is 3.77. The number of methoxy groups -OCH3 is 3. The first-order valence-corrected chi connectivity index (χ1v) is 17.6. The number of nitrogens with zero attached hydrogens (tertiary/aromatic N) is 1. The van der Waals surface area contributed by atoms with Gasteiger partial charge in [0.05, 0.1) is 40.2 Å². The monoisotopic (exact) mass is 687 g/mol. The summed E-state index contributed by atoms with van der Waals surface area (Å²) in [6, 6.07) is 22.6. The number of rotatable bonds is 6. The molecule has 0 bridgehead atoms. The summed E-state index contributed by atoms with van der Waals surface area (Å²) in [4.78, 5) is 2.26. The molecule has 1 saturated carbocycles. The number of benzene rings is 5. The molecule has 1 spiro atoms. The minimum Gasteiger partial charge on any atom is -0.497 e. The van der Waals surface area contributed by atoms with E-state index in [1.165, 1.54) is 6.07 Å². The summed E-state index contributed by atoms with van der Waals surface area (Å²) in [7, 11) is 4.98. The summed E-state index contributed by atoms with van der Waals surface area (Å²) in [6.45, 7) is 2.62. The highest BCUT2D eigenvalue weighted by atomic mass is 19.1. The summed E-state index contributed by atoms with van der Waals surface area (Å²) >= 11 is 0. The van der Waals surface area contributed by atoms with Crippen LogP contribution in [0.1, 0.15) is 53.5 Å². The minimum atomic E-state index is -1.03. The van der Waals surface area contributed by atoms with Gasteiger partial charge in [-0.1, -0.05) is 43.2 Å². The highest BCUT2D eigenvalue weighted by molar-refractivity contribution is 6.10. The molecule has 1 saturated heterocycles. The molecule has 5 aromatic rings. The van der Waals surface area contributed by atoms with Gasteiger partial charge < -0.3 is 28.6 Å². The van der Waals surface area contributed by atoms with Crippen LogP contribution in [0.4, 0.5) is 14.5 Å². The molecule has 2 fully saturated rings. The van der Waals surface area contributed by atoms with Crippen LogP contribution in [0.2, 0.25) is 0 Å². The topological polar surface area (TPSA) is 49.4 Å². The fourth-order valence-electron chi connectivity index (χ4n) is 9.16.